The number of hydrogen-bond donors (Lipinski definition) is 1. The number of benzene rings is 2. The van der Waals surface area contributed by atoms with Gasteiger partial charge in [-0.25, -0.2) is 4.98 Å². The summed E-state index contributed by atoms with van der Waals surface area (Å²) in [6, 6.07) is 14.0. The molecule has 28 heavy (non-hydrogen) atoms. The molecule has 0 saturated carbocycles. The van der Waals surface area contributed by atoms with E-state index in [0.717, 1.165) is 59.8 Å². The third-order valence-electron chi connectivity index (χ3n) is 5.24. The Morgan fingerprint density at radius 2 is 1.64 bits per heavy atom. The number of para-hydroxylation sites is 3. The SMILES string of the molecule is Cc1cccc(C)c1NC(=O)CN1CCN(c2cnc3ccccc3n2)CC1. The Morgan fingerprint density at radius 1 is 0.964 bits per heavy atom. The molecular weight excluding hydrogens is 350 g/mol. The second-order valence-electron chi connectivity index (χ2n) is 7.30. The number of aromatic nitrogens is 2. The molecule has 1 N–H and O–H groups in total. The second-order valence-corrected chi connectivity index (χ2v) is 7.30. The van der Waals surface area contributed by atoms with Crippen LogP contribution >= 0.6 is 0 Å². The molecule has 3 aromatic rings. The molecule has 0 unspecified atom stereocenters. The van der Waals surface area contributed by atoms with Gasteiger partial charge in [0.15, 0.2) is 0 Å². The van der Waals surface area contributed by atoms with Crippen molar-refractivity contribution in [2.24, 2.45) is 0 Å². The number of nitrogens with one attached hydrogen (secondary N) is 1. The fraction of sp³-hybridized carbons (Fsp3) is 0.318. The number of fused-ring (bicyclic) bond motifs is 1. The lowest BCUT2D eigenvalue weighted by Gasteiger charge is -2.34. The number of carbonyl (C=O) groups is 1. The zero-order chi connectivity index (χ0) is 19.5. The van der Waals surface area contributed by atoms with Crippen molar-refractivity contribution < 1.29 is 4.79 Å². The summed E-state index contributed by atoms with van der Waals surface area (Å²) in [6.45, 7) is 7.78. The van der Waals surface area contributed by atoms with Crippen LogP contribution in [0.25, 0.3) is 11.0 Å². The summed E-state index contributed by atoms with van der Waals surface area (Å²) in [4.78, 5) is 26.1. The first-order valence-corrected chi connectivity index (χ1v) is 9.65. The monoisotopic (exact) mass is 375 g/mol. The van der Waals surface area contributed by atoms with Gasteiger partial charge in [-0.05, 0) is 37.1 Å². The van der Waals surface area contributed by atoms with Gasteiger partial charge in [0.1, 0.15) is 5.82 Å². The molecule has 0 aliphatic carbocycles. The van der Waals surface area contributed by atoms with Crippen LogP contribution in [0.1, 0.15) is 11.1 Å². The molecule has 4 rings (SSSR count). The van der Waals surface area contributed by atoms with Crippen molar-refractivity contribution in [2.45, 2.75) is 13.8 Å². The predicted molar refractivity (Wildman–Crippen MR) is 113 cm³/mol. The summed E-state index contributed by atoms with van der Waals surface area (Å²) in [6.07, 6.45) is 1.84. The van der Waals surface area contributed by atoms with E-state index >= 15 is 0 Å². The minimum absolute atomic E-state index is 0.0383. The first-order chi connectivity index (χ1) is 13.6. The van der Waals surface area contributed by atoms with Gasteiger partial charge < -0.3 is 10.2 Å². The molecule has 0 spiro atoms. The minimum Gasteiger partial charge on any atom is -0.353 e. The lowest BCUT2D eigenvalue weighted by atomic mass is 10.1. The maximum absolute atomic E-state index is 12.5. The van der Waals surface area contributed by atoms with Gasteiger partial charge in [0.2, 0.25) is 5.91 Å². The highest BCUT2D eigenvalue weighted by Crippen LogP contribution is 2.20. The van der Waals surface area contributed by atoms with Crippen molar-refractivity contribution in [2.75, 3.05) is 42.9 Å². The van der Waals surface area contributed by atoms with Gasteiger partial charge in [-0.2, -0.15) is 0 Å². The molecule has 1 aromatic heterocycles. The number of anilines is 2. The Kier molecular flexibility index (Phi) is 5.21. The standard InChI is InChI=1S/C22H25N5O/c1-16-6-5-7-17(2)22(16)25-21(28)15-26-10-12-27(13-11-26)20-14-23-18-8-3-4-9-19(18)24-20/h3-9,14H,10-13,15H2,1-2H3,(H,25,28). The van der Waals surface area contributed by atoms with Crippen molar-refractivity contribution in [1.82, 2.24) is 14.9 Å². The highest BCUT2D eigenvalue weighted by Gasteiger charge is 2.20. The quantitative estimate of drug-likeness (QED) is 0.760. The van der Waals surface area contributed by atoms with Crippen LogP contribution in [0.3, 0.4) is 0 Å². The van der Waals surface area contributed by atoms with Crippen LogP contribution in [0.4, 0.5) is 11.5 Å². The number of hydrogen-bond acceptors (Lipinski definition) is 5. The topological polar surface area (TPSA) is 61.4 Å². The van der Waals surface area contributed by atoms with Gasteiger partial charge in [0, 0.05) is 31.9 Å². The Bertz CT molecular complexity index is 975. The predicted octanol–water partition coefficient (Wildman–Crippen LogP) is 3.01. The van der Waals surface area contributed by atoms with Gasteiger partial charge in [-0.15, -0.1) is 0 Å². The molecule has 6 nitrogen and oxygen atoms in total. The smallest absolute Gasteiger partial charge is 0.238 e. The molecule has 0 atom stereocenters. The van der Waals surface area contributed by atoms with Gasteiger partial charge in [-0.1, -0.05) is 30.3 Å². The van der Waals surface area contributed by atoms with E-state index in [9.17, 15) is 4.79 Å². The van der Waals surface area contributed by atoms with Gasteiger partial charge >= 0.3 is 0 Å². The van der Waals surface area contributed by atoms with Gasteiger partial charge in [0.25, 0.3) is 0 Å². The Labute approximate surface area is 165 Å². The Hall–Kier alpha value is -2.99. The molecule has 0 radical (unpaired) electrons. The first-order valence-electron chi connectivity index (χ1n) is 9.65. The largest absolute Gasteiger partial charge is 0.353 e. The van der Waals surface area contributed by atoms with E-state index in [-0.39, 0.29) is 5.91 Å². The molecule has 1 fully saturated rings. The number of carbonyl (C=O) groups excluding carboxylic acids is 1. The fourth-order valence-corrected chi connectivity index (χ4v) is 3.63. The van der Waals surface area contributed by atoms with E-state index in [4.69, 9.17) is 4.98 Å². The van der Waals surface area contributed by atoms with Crippen LogP contribution in [0.2, 0.25) is 0 Å². The average Bonchev–Trinajstić information content (AvgIpc) is 2.71. The van der Waals surface area contributed by atoms with Gasteiger partial charge in [0.05, 0.1) is 23.8 Å². The summed E-state index contributed by atoms with van der Waals surface area (Å²) in [5, 5.41) is 3.07. The highest BCUT2D eigenvalue weighted by molar-refractivity contribution is 5.93. The Morgan fingerprint density at radius 3 is 2.36 bits per heavy atom. The van der Waals surface area contributed by atoms with Crippen LogP contribution in [-0.2, 0) is 4.79 Å². The fourth-order valence-electron chi connectivity index (χ4n) is 3.63. The summed E-state index contributed by atoms with van der Waals surface area (Å²) in [5.41, 5.74) is 4.93. The number of aryl methyl sites for hydroxylation is 2. The lowest BCUT2D eigenvalue weighted by molar-refractivity contribution is -0.117. The number of piperazine rings is 1. The van der Waals surface area contributed by atoms with Crippen LogP contribution in [0.5, 0.6) is 0 Å². The van der Waals surface area contributed by atoms with Crippen molar-refractivity contribution in [3.63, 3.8) is 0 Å². The number of rotatable bonds is 4. The number of nitrogens with zero attached hydrogens (tertiary/aromatic N) is 4. The Balaban J connectivity index is 1.34. The average molecular weight is 375 g/mol. The molecule has 1 amide bonds. The van der Waals surface area contributed by atoms with Crippen molar-refractivity contribution in [3.05, 3.63) is 59.8 Å². The third kappa shape index (κ3) is 3.97. The van der Waals surface area contributed by atoms with Crippen LogP contribution in [0.15, 0.2) is 48.7 Å². The molecule has 1 saturated heterocycles. The molecule has 6 heteroatoms. The van der Waals surface area contributed by atoms with Crippen LogP contribution < -0.4 is 10.2 Å². The van der Waals surface area contributed by atoms with E-state index in [1.165, 1.54) is 0 Å². The third-order valence-corrected chi connectivity index (χ3v) is 5.24. The van der Waals surface area contributed by atoms with E-state index in [1.54, 1.807) is 0 Å². The highest BCUT2D eigenvalue weighted by atomic mass is 16.2. The van der Waals surface area contributed by atoms with Crippen molar-refractivity contribution >= 4 is 28.4 Å². The summed E-state index contributed by atoms with van der Waals surface area (Å²) in [7, 11) is 0. The molecule has 144 valence electrons. The summed E-state index contributed by atoms with van der Waals surface area (Å²) < 4.78 is 0. The molecule has 0 bridgehead atoms. The maximum atomic E-state index is 12.5. The number of amides is 1. The summed E-state index contributed by atoms with van der Waals surface area (Å²) >= 11 is 0. The minimum atomic E-state index is 0.0383. The second kappa shape index (κ2) is 7.94. The van der Waals surface area contributed by atoms with Crippen molar-refractivity contribution in [1.29, 1.82) is 0 Å². The maximum Gasteiger partial charge on any atom is 0.238 e. The molecule has 1 aliphatic heterocycles. The lowest BCUT2D eigenvalue weighted by Crippen LogP contribution is -2.49. The van der Waals surface area contributed by atoms with Crippen LogP contribution in [-0.4, -0.2) is 53.5 Å². The normalized spacial score (nSPS) is 15.0. The van der Waals surface area contributed by atoms with E-state index < -0.39 is 0 Å². The van der Waals surface area contributed by atoms with Crippen LogP contribution in [0, 0.1) is 13.8 Å². The van der Waals surface area contributed by atoms with Crippen molar-refractivity contribution in [3.8, 4) is 0 Å². The first kappa shape index (κ1) is 18.4. The molecule has 1 aliphatic rings. The molecule has 2 heterocycles. The summed E-state index contributed by atoms with van der Waals surface area (Å²) in [5.74, 6) is 0.940. The molecular formula is C22H25N5O. The van der Waals surface area contributed by atoms with E-state index in [1.807, 2.05) is 62.5 Å². The molecule has 2 aromatic carbocycles. The van der Waals surface area contributed by atoms with E-state index in [0.29, 0.717) is 6.54 Å². The zero-order valence-electron chi connectivity index (χ0n) is 16.4. The zero-order valence-corrected chi connectivity index (χ0v) is 16.4. The van der Waals surface area contributed by atoms with E-state index in [2.05, 4.69) is 20.1 Å². The van der Waals surface area contributed by atoms with Gasteiger partial charge in [-0.3, -0.25) is 14.7 Å².